The van der Waals surface area contributed by atoms with E-state index in [2.05, 4.69) is 151 Å². The molecule has 0 saturated heterocycles. The fourth-order valence-electron chi connectivity index (χ4n) is 15.6. The Balaban J connectivity index is 1.07. The van der Waals surface area contributed by atoms with Crippen LogP contribution in [0.25, 0.3) is 21.9 Å². The van der Waals surface area contributed by atoms with Crippen molar-refractivity contribution < 1.29 is 8.81 Å². The first-order valence-corrected chi connectivity index (χ1v) is 25.1. The molecule has 4 heterocycles. The number of furan rings is 1. The third-order valence-electron chi connectivity index (χ3n) is 19.4. The molecule has 2 nitrogen and oxygen atoms in total. The van der Waals surface area contributed by atoms with Crippen molar-refractivity contribution in [3.8, 4) is 0 Å². The highest BCUT2D eigenvalue weighted by Gasteiger charge is 2.59. The van der Waals surface area contributed by atoms with Gasteiger partial charge in [0.15, 0.2) is 0 Å². The Bertz CT molecular complexity index is 3190. The molecule has 0 bridgehead atoms. The van der Waals surface area contributed by atoms with E-state index in [9.17, 15) is 0 Å². The molecule has 6 unspecified atom stereocenters. The van der Waals surface area contributed by atoms with Crippen molar-refractivity contribution in [1.82, 2.24) is 0 Å². The van der Waals surface area contributed by atoms with E-state index >= 15 is 4.39 Å². The summed E-state index contributed by atoms with van der Waals surface area (Å²) < 4.78 is 23.5. The van der Waals surface area contributed by atoms with Crippen LogP contribution in [0.15, 0.2) is 108 Å². The minimum absolute atomic E-state index is 0.0233. The lowest BCUT2D eigenvalue weighted by molar-refractivity contribution is 0.0600. The molecule has 0 radical (unpaired) electrons. The lowest BCUT2D eigenvalue weighted by atomic mass is 9.27. The maximum Gasteiger partial charge on any atom is 0.242 e. The molecule has 3 aliphatic carbocycles. The van der Waals surface area contributed by atoms with Crippen LogP contribution in [-0.2, 0) is 22.7 Å². The molecule has 6 atom stereocenters. The van der Waals surface area contributed by atoms with Gasteiger partial charge in [0.1, 0.15) is 17.0 Å². The largest absolute Gasteiger partial charge is 0.456 e. The lowest BCUT2D eigenvalue weighted by Gasteiger charge is -2.58. The van der Waals surface area contributed by atoms with E-state index in [0.717, 1.165) is 36.8 Å². The molecule has 6 aliphatic rings. The Kier molecular flexibility index (Phi) is 8.22. The first kappa shape index (κ1) is 40.2. The molecule has 4 heteroatoms. The van der Waals surface area contributed by atoms with Crippen LogP contribution in [-0.4, -0.2) is 12.3 Å². The summed E-state index contributed by atoms with van der Waals surface area (Å²) in [7, 11) is 0. The van der Waals surface area contributed by atoms with Crippen LogP contribution < -0.4 is 21.3 Å². The molecule has 328 valence electrons. The Morgan fingerprint density at radius 1 is 0.708 bits per heavy atom. The summed E-state index contributed by atoms with van der Waals surface area (Å²) in [4.78, 5) is 2.77. The van der Waals surface area contributed by atoms with Crippen LogP contribution in [0.3, 0.4) is 0 Å². The van der Waals surface area contributed by atoms with E-state index in [4.69, 9.17) is 4.42 Å². The molecule has 0 amide bonds. The minimum atomic E-state index is -0.0776. The average molecular weight is 856 g/mol. The standard InChI is InChI=1S/C61H63BFNO/c1-36-28-45-43(30-37-16-15-18-42-41-17-9-10-19-53(41)65-56(37)42)44-34-40(64-52-23-20-38(57(2,3)4)31-48(52)60(7)26-13-14-27-61(60,64)8)21-22-50(44)62-51-33-39(63)32-49-54(51)47(46(29-36)55(45)62)35-58(5)24-11-12-25-59(49,58)6/h9-10,15-23,28-29,31-34,43,47H,11-14,24-27,30,35H2,1-8H3. The lowest BCUT2D eigenvalue weighted by Crippen LogP contribution is -2.65. The molecule has 7 aromatic rings. The first-order valence-electron chi connectivity index (χ1n) is 25.1. The molecular weight excluding hydrogens is 792 g/mol. The van der Waals surface area contributed by atoms with Gasteiger partial charge in [0.2, 0.25) is 6.71 Å². The number of aryl methyl sites for hydroxylation is 1. The normalized spacial score (nSPS) is 28.4. The molecule has 2 fully saturated rings. The van der Waals surface area contributed by atoms with E-state index in [0.29, 0.717) is 0 Å². The van der Waals surface area contributed by atoms with Gasteiger partial charge in [-0.05, 0) is 150 Å². The van der Waals surface area contributed by atoms with Crippen LogP contribution in [0, 0.1) is 18.2 Å². The predicted octanol–water partition coefficient (Wildman–Crippen LogP) is 14.0. The van der Waals surface area contributed by atoms with Crippen LogP contribution in [0.2, 0.25) is 0 Å². The highest BCUT2D eigenvalue weighted by molar-refractivity contribution is 6.97. The van der Waals surface area contributed by atoms with Gasteiger partial charge >= 0.3 is 0 Å². The van der Waals surface area contributed by atoms with Crippen molar-refractivity contribution in [2.45, 2.75) is 153 Å². The van der Waals surface area contributed by atoms with Crippen molar-refractivity contribution in [3.63, 3.8) is 0 Å². The van der Waals surface area contributed by atoms with Gasteiger partial charge < -0.3 is 9.32 Å². The van der Waals surface area contributed by atoms with Gasteiger partial charge in [-0.1, -0.05) is 156 Å². The summed E-state index contributed by atoms with van der Waals surface area (Å²) >= 11 is 0. The third-order valence-corrected chi connectivity index (χ3v) is 19.4. The SMILES string of the molecule is Cc1cc2c3c(c1)C1CC4(C)CCCCC4(C)c4cc(F)cc(c41)B3c1ccc(N3c4ccc(C(C)(C)C)cc4C4(C)CCCCC34C)cc1C2Cc1cccc2c1oc1ccccc12. The Morgan fingerprint density at radius 3 is 2.29 bits per heavy atom. The number of halogens is 1. The molecule has 65 heavy (non-hydrogen) atoms. The number of para-hydroxylation sites is 2. The van der Waals surface area contributed by atoms with Gasteiger partial charge in [-0.2, -0.15) is 0 Å². The zero-order chi connectivity index (χ0) is 44.6. The first-order chi connectivity index (χ1) is 31.1. The van der Waals surface area contributed by atoms with E-state index in [1.165, 1.54) is 127 Å². The van der Waals surface area contributed by atoms with E-state index in [-0.39, 0.29) is 51.6 Å². The Hall–Kier alpha value is -5.09. The number of nitrogens with zero attached hydrogens (tertiary/aromatic N) is 1. The zero-order valence-electron chi connectivity index (χ0n) is 39.9. The second kappa shape index (κ2) is 13.3. The van der Waals surface area contributed by atoms with Crippen LogP contribution in [0.5, 0.6) is 0 Å². The van der Waals surface area contributed by atoms with E-state index in [1.54, 1.807) is 0 Å². The van der Waals surface area contributed by atoms with Gasteiger partial charge in [0, 0.05) is 39.4 Å². The van der Waals surface area contributed by atoms with Gasteiger partial charge in [-0.3, -0.25) is 0 Å². The maximum atomic E-state index is 16.7. The van der Waals surface area contributed by atoms with E-state index in [1.807, 2.05) is 12.1 Å². The number of fused-ring (bicyclic) bond motifs is 12. The van der Waals surface area contributed by atoms with Crippen LogP contribution in [0.1, 0.15) is 168 Å². The van der Waals surface area contributed by atoms with Crippen molar-refractivity contribution >= 4 is 56.4 Å². The molecule has 13 rings (SSSR count). The van der Waals surface area contributed by atoms with Crippen LogP contribution >= 0.6 is 0 Å². The fraction of sp³-hybridized carbons (Fsp3) is 0.410. The average Bonchev–Trinajstić information content (AvgIpc) is 3.76. The molecular formula is C61H63BFNO. The topological polar surface area (TPSA) is 16.4 Å². The van der Waals surface area contributed by atoms with Gasteiger partial charge in [-0.15, -0.1) is 0 Å². The smallest absolute Gasteiger partial charge is 0.242 e. The van der Waals surface area contributed by atoms with Crippen molar-refractivity contribution in [2.24, 2.45) is 5.41 Å². The van der Waals surface area contributed by atoms with Crippen molar-refractivity contribution in [1.29, 1.82) is 0 Å². The predicted molar refractivity (Wildman–Crippen MR) is 270 cm³/mol. The third kappa shape index (κ3) is 5.24. The van der Waals surface area contributed by atoms with Gasteiger partial charge in [-0.25, -0.2) is 4.39 Å². The van der Waals surface area contributed by atoms with Gasteiger partial charge in [0.05, 0.1) is 5.54 Å². The summed E-state index contributed by atoms with van der Waals surface area (Å²) in [6.07, 6.45) is 11.6. The van der Waals surface area contributed by atoms with E-state index < -0.39 is 0 Å². The summed E-state index contributed by atoms with van der Waals surface area (Å²) in [6, 6.07) is 39.2. The molecule has 3 aliphatic heterocycles. The highest BCUT2D eigenvalue weighted by Crippen LogP contribution is 2.64. The Labute approximate surface area is 386 Å². The van der Waals surface area contributed by atoms with Crippen LogP contribution in [0.4, 0.5) is 15.8 Å². The van der Waals surface area contributed by atoms with Gasteiger partial charge in [0.25, 0.3) is 0 Å². The monoisotopic (exact) mass is 855 g/mol. The van der Waals surface area contributed by atoms with Crippen molar-refractivity contribution in [3.05, 3.63) is 159 Å². The summed E-state index contributed by atoms with van der Waals surface area (Å²) in [5.41, 5.74) is 21.2. The molecule has 2 saturated carbocycles. The number of anilines is 2. The number of rotatable bonds is 3. The molecule has 6 aromatic carbocycles. The second-order valence-corrected chi connectivity index (χ2v) is 23.7. The zero-order valence-corrected chi connectivity index (χ0v) is 39.9. The quantitative estimate of drug-likeness (QED) is 0.165. The van der Waals surface area contributed by atoms with Crippen molar-refractivity contribution in [2.75, 3.05) is 4.90 Å². The molecule has 1 aromatic heterocycles. The second-order valence-electron chi connectivity index (χ2n) is 23.7. The minimum Gasteiger partial charge on any atom is -0.456 e. The Morgan fingerprint density at radius 2 is 1.46 bits per heavy atom. The summed E-state index contributed by atoms with van der Waals surface area (Å²) in [6.45, 7) is 19.5. The fourth-order valence-corrected chi connectivity index (χ4v) is 15.6. The molecule has 0 spiro atoms. The maximum absolute atomic E-state index is 16.7. The highest BCUT2D eigenvalue weighted by atomic mass is 19.1. The number of benzene rings is 6. The number of hydrogen-bond acceptors (Lipinski definition) is 2. The molecule has 0 N–H and O–H groups in total. The summed E-state index contributed by atoms with van der Waals surface area (Å²) in [5.74, 6) is 0.263. The summed E-state index contributed by atoms with van der Waals surface area (Å²) in [5, 5.41) is 2.35. The number of hydrogen-bond donors (Lipinski definition) is 0.